The molecule has 2 aliphatic heterocycles. The molecule has 0 N–H and O–H groups in total. The molecule has 85 heavy (non-hydrogen) atoms. The summed E-state index contributed by atoms with van der Waals surface area (Å²) in [6.45, 7) is 0. The third kappa shape index (κ3) is 9.63. The molecule has 16 rings (SSSR count). The van der Waals surface area contributed by atoms with Gasteiger partial charge < -0.3 is 34.1 Å². The molecule has 8 heterocycles. The SMILES string of the molecule is [CH2-][n+]1c2nc3[n-]c(nc4[n+]([CH2-])c(nc5[n-]c(nc1-c1ccccc1-2)c1ccccc51)-c1ccccc1-4)c1ccccc31.[Cu+2].c1cncc(-c2cccc(-c3cc(-c4cccc(-c5cccnc5)c4)cc(-c4cccc(-c5cccnc5)c4)c3)c2)c1. The fraction of sp³-hybridized carbons (Fsp3) is 0. The second kappa shape index (κ2) is 22.0. The minimum absolute atomic E-state index is 0. The summed E-state index contributed by atoms with van der Waals surface area (Å²) in [7, 11) is 8.73. The van der Waals surface area contributed by atoms with Crippen molar-refractivity contribution >= 4 is 44.1 Å². The Balaban J connectivity index is 0.000000149. The molecule has 0 unspecified atom stereocenters. The zero-order chi connectivity index (χ0) is 56.1. The van der Waals surface area contributed by atoms with Gasteiger partial charge in [0.15, 0.2) is 11.5 Å². The second-order valence-electron chi connectivity index (χ2n) is 20.6. The Hall–Kier alpha value is -11.2. The zero-order valence-electron chi connectivity index (χ0n) is 45.5. The normalized spacial score (nSPS) is 11.3. The van der Waals surface area contributed by atoms with Crippen LogP contribution in [0.25, 0.3) is 156 Å². The van der Waals surface area contributed by atoms with E-state index in [9.17, 15) is 0 Å². The van der Waals surface area contributed by atoms with Gasteiger partial charge in [-0.25, -0.2) is 0 Å². The largest absolute Gasteiger partial charge is 2.00 e. The van der Waals surface area contributed by atoms with Crippen molar-refractivity contribution in [2.24, 2.45) is 0 Å². The molecule has 0 saturated heterocycles. The van der Waals surface area contributed by atoms with Gasteiger partial charge in [0, 0.05) is 93.7 Å². The molecule has 8 bridgehead atoms. The summed E-state index contributed by atoms with van der Waals surface area (Å²) in [6.07, 6.45) is 11.2. The van der Waals surface area contributed by atoms with Crippen LogP contribution >= 0.6 is 0 Å². The molecule has 0 spiro atoms. The molecule has 0 atom stereocenters. The topological polar surface area (TPSA) is 126 Å². The van der Waals surface area contributed by atoms with E-state index in [1.165, 1.54) is 0 Å². The Labute approximate surface area is 500 Å². The first-order chi connectivity index (χ1) is 41.5. The van der Waals surface area contributed by atoms with Crippen molar-refractivity contribution in [1.29, 1.82) is 0 Å². The standard InChI is InChI=1S/C39H27N3.C34H20N8.Cu/c1-7-28(34-13-4-16-40-25-34)19-31(10-1)37-22-38(32-11-2-8-29(20-32)35-14-5-17-41-26-35)24-39(23-37)33-12-3-9-30(21-33)36-15-6-18-42-27-36;1-41-31-23-15-7-8-16-24(23)32(41)38-28-20-12-4-6-14-22(20)30(36-28)40-34-26-18-10-9-17-25(26)33(42(34)2)39-29-21-13-5-3-11-19(21)27(35-29)37-31;/h1-27H;3-18H,1-2H2;/q;-2;+2. The Morgan fingerprint density at radius 3 is 0.753 bits per heavy atom. The maximum atomic E-state index is 5.08. The molecule has 0 saturated carbocycles. The van der Waals surface area contributed by atoms with Gasteiger partial charge in [-0.1, -0.05) is 184 Å². The first kappa shape index (κ1) is 51.9. The summed E-state index contributed by atoms with van der Waals surface area (Å²) < 4.78 is 3.52. The van der Waals surface area contributed by atoms with Crippen molar-refractivity contribution in [3.05, 3.63) is 276 Å². The first-order valence-electron chi connectivity index (χ1n) is 27.5. The number of pyridine rings is 3. The van der Waals surface area contributed by atoms with Crippen LogP contribution in [-0.2, 0) is 17.1 Å². The van der Waals surface area contributed by atoms with Crippen LogP contribution in [-0.4, -0.2) is 34.9 Å². The van der Waals surface area contributed by atoms with Crippen LogP contribution in [0, 0.1) is 14.1 Å². The van der Waals surface area contributed by atoms with E-state index < -0.39 is 0 Å². The Morgan fingerprint density at radius 1 is 0.259 bits per heavy atom. The molecule has 6 aromatic heterocycles. The number of benzene rings is 8. The molecule has 0 aliphatic carbocycles. The predicted molar refractivity (Wildman–Crippen MR) is 333 cm³/mol. The van der Waals surface area contributed by atoms with Gasteiger partial charge in [0.1, 0.15) is 0 Å². The van der Waals surface area contributed by atoms with Crippen LogP contribution in [0.2, 0.25) is 0 Å². The average molecular weight is 1140 g/mol. The quantitative estimate of drug-likeness (QED) is 0.0908. The maximum absolute atomic E-state index is 5.08. The third-order valence-electron chi connectivity index (χ3n) is 15.4. The van der Waals surface area contributed by atoms with Gasteiger partial charge in [0.05, 0.1) is 0 Å². The van der Waals surface area contributed by atoms with Crippen molar-refractivity contribution in [3.8, 4) is 112 Å². The number of aromatic nitrogens is 11. The van der Waals surface area contributed by atoms with Gasteiger partial charge in [-0.05, 0) is 143 Å². The van der Waals surface area contributed by atoms with Crippen molar-refractivity contribution in [2.75, 3.05) is 0 Å². The number of nitrogens with zero attached hydrogens (tertiary/aromatic N) is 11. The monoisotopic (exact) mass is 1140 g/mol. The van der Waals surface area contributed by atoms with Crippen LogP contribution < -0.4 is 19.1 Å². The van der Waals surface area contributed by atoms with Crippen LogP contribution in [0.3, 0.4) is 0 Å². The van der Waals surface area contributed by atoms with E-state index in [1.807, 2.05) is 152 Å². The Bertz CT molecular complexity index is 4490. The number of fused-ring (bicyclic) bond motifs is 20. The van der Waals surface area contributed by atoms with E-state index in [-0.39, 0.29) is 17.1 Å². The van der Waals surface area contributed by atoms with E-state index in [1.54, 1.807) is 9.13 Å². The van der Waals surface area contributed by atoms with E-state index >= 15 is 0 Å². The van der Waals surface area contributed by atoms with Crippen LogP contribution in [0.4, 0.5) is 0 Å². The third-order valence-corrected chi connectivity index (χ3v) is 15.4. The summed E-state index contributed by atoms with van der Waals surface area (Å²) in [4.78, 5) is 43.2. The molecular weight excluding hydrogens is 1090 g/mol. The summed E-state index contributed by atoms with van der Waals surface area (Å²) in [5.41, 5.74) is 19.6. The Morgan fingerprint density at radius 2 is 0.494 bits per heavy atom. The van der Waals surface area contributed by atoms with Gasteiger partial charge in [-0.2, -0.15) is 4.98 Å². The van der Waals surface area contributed by atoms with Crippen LogP contribution in [0.15, 0.2) is 262 Å². The van der Waals surface area contributed by atoms with Crippen LogP contribution in [0.5, 0.6) is 0 Å². The minimum Gasteiger partial charge on any atom is -0.419 e. The molecule has 11 nitrogen and oxygen atoms in total. The summed E-state index contributed by atoms with van der Waals surface area (Å²) in [5, 5.41) is 3.59. The average Bonchev–Trinajstić information content (AvgIpc) is 4.21. The van der Waals surface area contributed by atoms with Gasteiger partial charge in [0.2, 0.25) is 0 Å². The molecule has 0 amide bonds. The maximum Gasteiger partial charge on any atom is 2.00 e. The summed E-state index contributed by atoms with van der Waals surface area (Å²) >= 11 is 0. The van der Waals surface area contributed by atoms with Crippen molar-refractivity contribution in [3.63, 3.8) is 0 Å². The fourth-order valence-electron chi connectivity index (χ4n) is 11.3. The number of rotatable bonds is 6. The minimum atomic E-state index is 0. The van der Waals surface area contributed by atoms with E-state index in [2.05, 4.69) is 138 Å². The van der Waals surface area contributed by atoms with Crippen molar-refractivity contribution < 1.29 is 26.2 Å². The molecule has 12 heteroatoms. The van der Waals surface area contributed by atoms with Crippen molar-refractivity contribution in [2.45, 2.75) is 0 Å². The van der Waals surface area contributed by atoms with E-state index in [0.29, 0.717) is 45.9 Å². The van der Waals surface area contributed by atoms with Crippen molar-refractivity contribution in [1.82, 2.24) is 44.9 Å². The first-order valence-corrected chi connectivity index (χ1v) is 27.5. The second-order valence-corrected chi connectivity index (χ2v) is 20.6. The molecule has 2 aliphatic rings. The number of hydrogen-bond acceptors (Lipinski definition) is 7. The molecule has 14 aromatic rings. The van der Waals surface area contributed by atoms with Gasteiger partial charge in [0.25, 0.3) is 0 Å². The van der Waals surface area contributed by atoms with E-state index in [4.69, 9.17) is 29.9 Å². The summed E-state index contributed by atoms with van der Waals surface area (Å²) in [6, 6.07) is 77.2. The Kier molecular flexibility index (Phi) is 13.4. The van der Waals surface area contributed by atoms with Gasteiger partial charge >= 0.3 is 17.1 Å². The zero-order valence-corrected chi connectivity index (χ0v) is 46.4. The van der Waals surface area contributed by atoms with Gasteiger partial charge in [-0.3, -0.25) is 15.0 Å². The van der Waals surface area contributed by atoms with Crippen LogP contribution in [0.1, 0.15) is 0 Å². The summed E-state index contributed by atoms with van der Waals surface area (Å²) in [5.74, 6) is 2.61. The molecule has 8 aromatic carbocycles. The fourth-order valence-corrected chi connectivity index (χ4v) is 11.3. The number of hydrogen-bond donors (Lipinski definition) is 0. The smallest absolute Gasteiger partial charge is 0.419 e. The predicted octanol–water partition coefficient (Wildman–Crippen LogP) is 15.1. The van der Waals surface area contributed by atoms with Gasteiger partial charge in [-0.15, -0.1) is 0 Å². The molecule has 1 radical (unpaired) electrons. The molecule has 405 valence electrons. The van der Waals surface area contributed by atoms with E-state index in [0.717, 1.165) is 111 Å². The molecule has 0 fully saturated rings. The molecular formula is C73H47CuN11.